The topological polar surface area (TPSA) is 61.4 Å². The minimum Gasteiger partial charge on any atom is -0.352 e. The van der Waals surface area contributed by atoms with Crippen molar-refractivity contribution < 1.29 is 4.79 Å². The number of nitrogens with zero attached hydrogens (tertiary/aromatic N) is 4. The lowest BCUT2D eigenvalue weighted by molar-refractivity contribution is 0.208. The number of anilines is 2. The largest absolute Gasteiger partial charge is 0.352 e. The molecular formula is C28H37N5OS. The van der Waals surface area contributed by atoms with Crippen LogP contribution in [0.5, 0.6) is 0 Å². The number of urea groups is 1. The fourth-order valence-electron chi connectivity index (χ4n) is 5.21. The van der Waals surface area contributed by atoms with Crippen LogP contribution in [0.4, 0.5) is 16.3 Å². The standard InChI is InChI=1S/C28H37N5OS/c1-5-6-24-30-26(25-22-12-7-19(4)17-23(22)35-27(25)31-24)32-13-15-33(16-14-32)28(34)29-21-10-8-20(9-11-21)18(2)3/h8-11,18-19H,5-7,12-17H2,1-4H3,(H,29,34). The number of benzene rings is 1. The van der Waals surface area contributed by atoms with Gasteiger partial charge in [0.2, 0.25) is 0 Å². The summed E-state index contributed by atoms with van der Waals surface area (Å²) in [5.74, 6) is 3.27. The van der Waals surface area contributed by atoms with E-state index in [0.717, 1.165) is 66.9 Å². The zero-order valence-corrected chi connectivity index (χ0v) is 22.2. The van der Waals surface area contributed by atoms with E-state index in [1.807, 2.05) is 28.4 Å². The van der Waals surface area contributed by atoms with Crippen LogP contribution < -0.4 is 10.2 Å². The molecule has 1 atom stereocenters. The molecule has 5 rings (SSSR count). The van der Waals surface area contributed by atoms with Gasteiger partial charge in [-0.1, -0.05) is 39.8 Å². The highest BCUT2D eigenvalue weighted by molar-refractivity contribution is 7.19. The number of nitrogens with one attached hydrogen (secondary N) is 1. The molecule has 1 aromatic carbocycles. The van der Waals surface area contributed by atoms with Crippen molar-refractivity contribution in [1.29, 1.82) is 0 Å². The van der Waals surface area contributed by atoms with Gasteiger partial charge in [0.05, 0.1) is 5.39 Å². The van der Waals surface area contributed by atoms with Crippen LogP contribution in [0.3, 0.4) is 0 Å². The normalized spacial score (nSPS) is 18.3. The first-order chi connectivity index (χ1) is 16.9. The number of hydrogen-bond acceptors (Lipinski definition) is 5. The highest BCUT2D eigenvalue weighted by Gasteiger charge is 2.28. The monoisotopic (exact) mass is 491 g/mol. The molecule has 0 spiro atoms. The summed E-state index contributed by atoms with van der Waals surface area (Å²) in [5.41, 5.74) is 3.61. The number of thiophene rings is 1. The molecule has 3 heterocycles. The van der Waals surface area contributed by atoms with Gasteiger partial charge in [-0.2, -0.15) is 0 Å². The lowest BCUT2D eigenvalue weighted by Crippen LogP contribution is -2.50. The predicted molar refractivity (Wildman–Crippen MR) is 146 cm³/mol. The number of rotatable bonds is 5. The number of piperazine rings is 1. The molecule has 3 aromatic rings. The maximum Gasteiger partial charge on any atom is 0.321 e. The molecule has 1 fully saturated rings. The Balaban J connectivity index is 1.32. The second-order valence-corrected chi connectivity index (χ2v) is 11.5. The smallest absolute Gasteiger partial charge is 0.321 e. The van der Waals surface area contributed by atoms with Gasteiger partial charge < -0.3 is 15.1 Å². The van der Waals surface area contributed by atoms with E-state index >= 15 is 0 Å². The number of carbonyl (C=O) groups excluding carboxylic acids is 1. The molecular weight excluding hydrogens is 454 g/mol. The van der Waals surface area contributed by atoms with Gasteiger partial charge in [0.25, 0.3) is 0 Å². The van der Waals surface area contributed by atoms with Crippen molar-refractivity contribution in [1.82, 2.24) is 14.9 Å². The Hall–Kier alpha value is -2.67. The number of hydrogen-bond donors (Lipinski definition) is 1. The average molecular weight is 492 g/mol. The molecule has 6 nitrogen and oxygen atoms in total. The molecule has 0 bridgehead atoms. The molecule has 7 heteroatoms. The summed E-state index contributed by atoms with van der Waals surface area (Å²) < 4.78 is 0. The maximum absolute atomic E-state index is 12.9. The average Bonchev–Trinajstić information content (AvgIpc) is 3.21. The van der Waals surface area contributed by atoms with Crippen LogP contribution in [0.2, 0.25) is 0 Å². The Morgan fingerprint density at radius 1 is 1.14 bits per heavy atom. The number of aryl methyl sites for hydroxylation is 2. The van der Waals surface area contributed by atoms with E-state index in [9.17, 15) is 4.79 Å². The van der Waals surface area contributed by atoms with E-state index in [1.165, 1.54) is 27.8 Å². The van der Waals surface area contributed by atoms with E-state index in [4.69, 9.17) is 9.97 Å². The first-order valence-corrected chi connectivity index (χ1v) is 14.0. The lowest BCUT2D eigenvalue weighted by Gasteiger charge is -2.36. The molecule has 35 heavy (non-hydrogen) atoms. The van der Waals surface area contributed by atoms with Crippen molar-refractivity contribution in [3.8, 4) is 0 Å². The summed E-state index contributed by atoms with van der Waals surface area (Å²) in [6.07, 6.45) is 5.46. The molecule has 2 amide bonds. The number of aromatic nitrogens is 2. The van der Waals surface area contributed by atoms with Crippen molar-refractivity contribution in [3.63, 3.8) is 0 Å². The van der Waals surface area contributed by atoms with Crippen LogP contribution in [-0.2, 0) is 19.3 Å². The fraction of sp³-hybridized carbons (Fsp3) is 0.536. The van der Waals surface area contributed by atoms with Crippen LogP contribution in [0.25, 0.3) is 10.2 Å². The molecule has 0 radical (unpaired) electrons. The van der Waals surface area contributed by atoms with E-state index in [0.29, 0.717) is 19.0 Å². The molecule has 1 unspecified atom stereocenters. The van der Waals surface area contributed by atoms with Gasteiger partial charge in [-0.3, -0.25) is 0 Å². The Morgan fingerprint density at radius 2 is 1.89 bits per heavy atom. The zero-order chi connectivity index (χ0) is 24.5. The molecule has 186 valence electrons. The third kappa shape index (κ3) is 5.01. The first-order valence-electron chi connectivity index (χ1n) is 13.1. The van der Waals surface area contributed by atoms with Crippen molar-refractivity contribution in [2.24, 2.45) is 5.92 Å². The third-order valence-corrected chi connectivity index (χ3v) is 8.50. The quantitative estimate of drug-likeness (QED) is 0.458. The van der Waals surface area contributed by atoms with Crippen LogP contribution in [0.1, 0.15) is 68.3 Å². The van der Waals surface area contributed by atoms with Crippen molar-refractivity contribution in [2.45, 2.75) is 65.7 Å². The summed E-state index contributed by atoms with van der Waals surface area (Å²) in [7, 11) is 0. The number of fused-ring (bicyclic) bond motifs is 3. The van der Waals surface area contributed by atoms with Crippen molar-refractivity contribution in [3.05, 3.63) is 46.1 Å². The minimum atomic E-state index is -0.0247. The van der Waals surface area contributed by atoms with Gasteiger partial charge in [0.1, 0.15) is 16.5 Å². The van der Waals surface area contributed by atoms with E-state index in [1.54, 1.807) is 0 Å². The Kier molecular flexibility index (Phi) is 6.96. The molecule has 2 aromatic heterocycles. The summed E-state index contributed by atoms with van der Waals surface area (Å²) in [6, 6.07) is 8.15. The highest BCUT2D eigenvalue weighted by Crippen LogP contribution is 2.41. The molecule has 1 N–H and O–H groups in total. The van der Waals surface area contributed by atoms with Crippen LogP contribution in [-0.4, -0.2) is 47.1 Å². The Bertz CT molecular complexity index is 1190. The Morgan fingerprint density at radius 3 is 2.57 bits per heavy atom. The highest BCUT2D eigenvalue weighted by atomic mass is 32.1. The number of amides is 2. The summed E-state index contributed by atoms with van der Waals surface area (Å²) in [4.78, 5) is 29.9. The fourth-order valence-corrected chi connectivity index (χ4v) is 6.60. The summed E-state index contributed by atoms with van der Waals surface area (Å²) in [6.45, 7) is 11.8. The molecule has 1 aliphatic carbocycles. The third-order valence-electron chi connectivity index (χ3n) is 7.35. The molecule has 1 aliphatic heterocycles. The lowest BCUT2D eigenvalue weighted by atomic mass is 9.89. The van der Waals surface area contributed by atoms with Crippen molar-refractivity contribution in [2.75, 3.05) is 36.4 Å². The second-order valence-electron chi connectivity index (χ2n) is 10.4. The predicted octanol–water partition coefficient (Wildman–Crippen LogP) is 6.25. The van der Waals surface area contributed by atoms with Gasteiger partial charge in [0, 0.05) is 43.2 Å². The van der Waals surface area contributed by atoms with E-state index < -0.39 is 0 Å². The number of carbonyl (C=O) groups is 1. The SMILES string of the molecule is CCCc1nc(N2CCN(C(=O)Nc3ccc(C(C)C)cc3)CC2)c2c3c(sc2n1)CC(C)CC3. The van der Waals surface area contributed by atoms with Gasteiger partial charge in [-0.25, -0.2) is 14.8 Å². The zero-order valence-electron chi connectivity index (χ0n) is 21.4. The molecule has 2 aliphatic rings. The van der Waals surface area contributed by atoms with Gasteiger partial charge in [-0.15, -0.1) is 11.3 Å². The van der Waals surface area contributed by atoms with E-state index in [-0.39, 0.29) is 6.03 Å². The Labute approximate surface area is 212 Å². The van der Waals surface area contributed by atoms with Gasteiger partial charge in [0.15, 0.2) is 0 Å². The van der Waals surface area contributed by atoms with Crippen molar-refractivity contribution >= 4 is 39.1 Å². The summed E-state index contributed by atoms with van der Waals surface area (Å²) in [5, 5.41) is 4.35. The van der Waals surface area contributed by atoms with Gasteiger partial charge >= 0.3 is 6.03 Å². The molecule has 0 saturated carbocycles. The van der Waals surface area contributed by atoms with Crippen LogP contribution in [0, 0.1) is 5.92 Å². The van der Waals surface area contributed by atoms with Crippen LogP contribution in [0.15, 0.2) is 24.3 Å². The van der Waals surface area contributed by atoms with Gasteiger partial charge in [-0.05, 0) is 60.8 Å². The van der Waals surface area contributed by atoms with Crippen LogP contribution >= 0.6 is 11.3 Å². The van der Waals surface area contributed by atoms with E-state index in [2.05, 4.69) is 50.0 Å². The summed E-state index contributed by atoms with van der Waals surface area (Å²) >= 11 is 1.88. The minimum absolute atomic E-state index is 0.0247. The maximum atomic E-state index is 12.9. The molecule has 1 saturated heterocycles. The first kappa shape index (κ1) is 24.0. The second kappa shape index (κ2) is 10.1.